The van der Waals surface area contributed by atoms with Gasteiger partial charge in [-0.05, 0) is 52.4 Å². The van der Waals surface area contributed by atoms with E-state index in [9.17, 15) is 19.7 Å². The fourth-order valence-corrected chi connectivity index (χ4v) is 2.45. The second kappa shape index (κ2) is 8.39. The minimum absolute atomic E-state index is 0.0183. The lowest BCUT2D eigenvalue weighted by Gasteiger charge is -2.07. The summed E-state index contributed by atoms with van der Waals surface area (Å²) in [6, 6.07) is 12.7. The van der Waals surface area contributed by atoms with Gasteiger partial charge in [0.25, 0.3) is 11.6 Å². The van der Waals surface area contributed by atoms with Gasteiger partial charge in [0.05, 0.1) is 10.5 Å². The summed E-state index contributed by atoms with van der Waals surface area (Å²) in [5.41, 5.74) is 1.08. The number of benzene rings is 2. The zero-order valence-electron chi connectivity index (χ0n) is 12.4. The van der Waals surface area contributed by atoms with Crippen LogP contribution >= 0.6 is 22.6 Å². The molecule has 0 aliphatic carbocycles. The van der Waals surface area contributed by atoms with Crippen LogP contribution in [0.5, 0.6) is 0 Å². The fourth-order valence-electron chi connectivity index (χ4n) is 1.82. The first-order chi connectivity index (χ1) is 11.5. The Hall–Kier alpha value is -2.49. The van der Waals surface area contributed by atoms with Gasteiger partial charge in [0.1, 0.15) is 13.2 Å². The summed E-state index contributed by atoms with van der Waals surface area (Å²) in [7, 11) is 0. The van der Waals surface area contributed by atoms with Crippen molar-refractivity contribution in [3.8, 4) is 0 Å². The zero-order valence-corrected chi connectivity index (χ0v) is 14.6. The van der Waals surface area contributed by atoms with Crippen LogP contribution in [0.15, 0.2) is 48.5 Å². The molecular weight excluding hydrogens is 427 g/mol. The van der Waals surface area contributed by atoms with E-state index in [0.717, 1.165) is 3.57 Å². The SMILES string of the molecule is O=C(CNC(=O)c1ccccc1I)OCc1ccc([N+](=O)[O-])cc1. The molecule has 0 aromatic heterocycles. The summed E-state index contributed by atoms with van der Waals surface area (Å²) in [5, 5.41) is 13.0. The molecule has 1 amide bonds. The van der Waals surface area contributed by atoms with Crippen LogP contribution < -0.4 is 5.32 Å². The van der Waals surface area contributed by atoms with Gasteiger partial charge in [-0.3, -0.25) is 19.7 Å². The molecule has 7 nitrogen and oxygen atoms in total. The average molecular weight is 440 g/mol. The van der Waals surface area contributed by atoms with Gasteiger partial charge in [0, 0.05) is 15.7 Å². The third-order valence-corrected chi connectivity index (χ3v) is 4.00. The first kappa shape index (κ1) is 17.9. The molecule has 2 aromatic carbocycles. The quantitative estimate of drug-likeness (QED) is 0.323. The molecule has 0 radical (unpaired) electrons. The van der Waals surface area contributed by atoms with E-state index in [1.807, 2.05) is 28.7 Å². The van der Waals surface area contributed by atoms with Crippen molar-refractivity contribution < 1.29 is 19.2 Å². The summed E-state index contributed by atoms with van der Waals surface area (Å²) in [6.07, 6.45) is 0. The first-order valence-electron chi connectivity index (χ1n) is 6.89. The van der Waals surface area contributed by atoms with Crippen LogP contribution in [0.3, 0.4) is 0 Å². The van der Waals surface area contributed by atoms with Crippen molar-refractivity contribution in [3.05, 3.63) is 73.3 Å². The molecule has 0 saturated heterocycles. The highest BCUT2D eigenvalue weighted by atomic mass is 127. The van der Waals surface area contributed by atoms with E-state index in [1.54, 1.807) is 18.2 Å². The summed E-state index contributed by atoms with van der Waals surface area (Å²) in [4.78, 5) is 33.7. The van der Waals surface area contributed by atoms with Gasteiger partial charge in [0.2, 0.25) is 0 Å². The zero-order chi connectivity index (χ0) is 17.5. The number of nitrogens with zero attached hydrogens (tertiary/aromatic N) is 1. The van der Waals surface area contributed by atoms with E-state index in [0.29, 0.717) is 11.1 Å². The molecule has 124 valence electrons. The van der Waals surface area contributed by atoms with Gasteiger partial charge in [-0.2, -0.15) is 0 Å². The lowest BCUT2D eigenvalue weighted by molar-refractivity contribution is -0.384. The first-order valence-corrected chi connectivity index (χ1v) is 7.97. The smallest absolute Gasteiger partial charge is 0.325 e. The number of nitro groups is 1. The number of halogens is 1. The van der Waals surface area contributed by atoms with Crippen molar-refractivity contribution in [3.63, 3.8) is 0 Å². The van der Waals surface area contributed by atoms with Crippen LogP contribution in [0.25, 0.3) is 0 Å². The average Bonchev–Trinajstić information content (AvgIpc) is 2.58. The van der Waals surface area contributed by atoms with Gasteiger partial charge in [0.15, 0.2) is 0 Å². The van der Waals surface area contributed by atoms with E-state index in [-0.39, 0.29) is 24.7 Å². The van der Waals surface area contributed by atoms with E-state index in [2.05, 4.69) is 5.32 Å². The summed E-state index contributed by atoms with van der Waals surface area (Å²) < 4.78 is 5.80. The van der Waals surface area contributed by atoms with Crippen LogP contribution in [0, 0.1) is 13.7 Å². The van der Waals surface area contributed by atoms with E-state index < -0.39 is 10.9 Å². The Morgan fingerprint density at radius 3 is 2.42 bits per heavy atom. The number of nitro benzene ring substituents is 1. The number of carbonyl (C=O) groups excluding carboxylic acids is 2. The van der Waals surface area contributed by atoms with Crippen molar-refractivity contribution >= 4 is 40.2 Å². The molecule has 0 bridgehead atoms. The van der Waals surface area contributed by atoms with Crippen molar-refractivity contribution in [2.24, 2.45) is 0 Å². The Labute approximate surface area is 151 Å². The van der Waals surface area contributed by atoms with Gasteiger partial charge in [-0.1, -0.05) is 12.1 Å². The molecule has 0 heterocycles. The molecule has 0 aliphatic rings. The normalized spacial score (nSPS) is 10.0. The molecule has 24 heavy (non-hydrogen) atoms. The van der Waals surface area contributed by atoms with Crippen LogP contribution in [0.2, 0.25) is 0 Å². The van der Waals surface area contributed by atoms with Crippen LogP contribution in [-0.4, -0.2) is 23.3 Å². The predicted molar refractivity (Wildman–Crippen MR) is 94.4 cm³/mol. The minimum atomic E-state index is -0.590. The molecule has 0 fully saturated rings. The highest BCUT2D eigenvalue weighted by Gasteiger charge is 2.11. The van der Waals surface area contributed by atoms with Crippen molar-refractivity contribution in [2.45, 2.75) is 6.61 Å². The minimum Gasteiger partial charge on any atom is -0.460 e. The van der Waals surface area contributed by atoms with E-state index in [4.69, 9.17) is 4.74 Å². The topological polar surface area (TPSA) is 98.5 Å². The lowest BCUT2D eigenvalue weighted by atomic mass is 10.2. The standard InChI is InChI=1S/C16H13IN2O5/c17-14-4-2-1-3-13(14)16(21)18-9-15(20)24-10-11-5-7-12(8-6-11)19(22)23/h1-8H,9-10H2,(H,18,21). The predicted octanol–water partition coefficient (Wildman–Crippen LogP) is 2.67. The molecule has 8 heteroatoms. The second-order valence-electron chi connectivity index (χ2n) is 4.75. The molecular formula is C16H13IN2O5. The van der Waals surface area contributed by atoms with Crippen LogP contribution in [0.4, 0.5) is 5.69 Å². The third-order valence-electron chi connectivity index (χ3n) is 3.06. The van der Waals surface area contributed by atoms with Gasteiger partial charge >= 0.3 is 5.97 Å². The molecule has 0 aliphatic heterocycles. The Bertz CT molecular complexity index is 761. The number of esters is 1. The molecule has 0 unspecified atom stereocenters. The molecule has 0 atom stereocenters. The third kappa shape index (κ3) is 5.01. The monoisotopic (exact) mass is 440 g/mol. The Morgan fingerprint density at radius 1 is 1.12 bits per heavy atom. The van der Waals surface area contributed by atoms with E-state index in [1.165, 1.54) is 24.3 Å². The molecule has 0 saturated carbocycles. The Kier molecular flexibility index (Phi) is 6.24. The van der Waals surface area contributed by atoms with Crippen molar-refractivity contribution in [2.75, 3.05) is 6.54 Å². The number of rotatable bonds is 6. The molecule has 0 spiro atoms. The molecule has 2 aromatic rings. The van der Waals surface area contributed by atoms with Gasteiger partial charge in [-0.25, -0.2) is 0 Å². The Morgan fingerprint density at radius 2 is 1.79 bits per heavy atom. The number of ether oxygens (including phenoxy) is 1. The highest BCUT2D eigenvalue weighted by molar-refractivity contribution is 14.1. The number of carbonyl (C=O) groups is 2. The molecule has 2 rings (SSSR count). The number of amides is 1. The largest absolute Gasteiger partial charge is 0.460 e. The maximum Gasteiger partial charge on any atom is 0.325 e. The van der Waals surface area contributed by atoms with Crippen molar-refractivity contribution in [1.29, 1.82) is 0 Å². The van der Waals surface area contributed by atoms with Gasteiger partial charge in [-0.15, -0.1) is 0 Å². The summed E-state index contributed by atoms with van der Waals surface area (Å²) in [5.74, 6) is -0.945. The number of nitrogens with one attached hydrogen (secondary N) is 1. The second-order valence-corrected chi connectivity index (χ2v) is 5.91. The number of hydrogen-bond acceptors (Lipinski definition) is 5. The number of non-ortho nitro benzene ring substituents is 1. The maximum atomic E-state index is 12.0. The van der Waals surface area contributed by atoms with Gasteiger partial charge < -0.3 is 10.1 Å². The summed E-state index contributed by atoms with van der Waals surface area (Å²) in [6.45, 7) is -0.271. The lowest BCUT2D eigenvalue weighted by Crippen LogP contribution is -2.31. The number of hydrogen-bond donors (Lipinski definition) is 1. The fraction of sp³-hybridized carbons (Fsp3) is 0.125. The van der Waals surface area contributed by atoms with Crippen LogP contribution in [0.1, 0.15) is 15.9 Å². The molecule has 1 N–H and O–H groups in total. The van der Waals surface area contributed by atoms with Crippen LogP contribution in [-0.2, 0) is 16.1 Å². The highest BCUT2D eigenvalue weighted by Crippen LogP contribution is 2.13. The maximum absolute atomic E-state index is 12.0. The van der Waals surface area contributed by atoms with Crippen molar-refractivity contribution in [1.82, 2.24) is 5.32 Å². The van der Waals surface area contributed by atoms with E-state index >= 15 is 0 Å². The Balaban J connectivity index is 1.80. The summed E-state index contributed by atoms with van der Waals surface area (Å²) >= 11 is 2.04.